The predicted molar refractivity (Wildman–Crippen MR) is 128 cm³/mol. The lowest BCUT2D eigenvalue weighted by Gasteiger charge is -2.42. The van der Waals surface area contributed by atoms with Crippen LogP contribution >= 0.6 is 0 Å². The summed E-state index contributed by atoms with van der Waals surface area (Å²) in [6, 6.07) is 10.8. The number of urea groups is 1. The van der Waals surface area contributed by atoms with Crippen LogP contribution in [0.25, 0.3) is 10.9 Å². The van der Waals surface area contributed by atoms with Gasteiger partial charge in [-0.25, -0.2) is 9.78 Å². The highest BCUT2D eigenvalue weighted by Gasteiger charge is 2.38. The molecule has 3 aromatic rings. The van der Waals surface area contributed by atoms with Crippen molar-refractivity contribution < 1.29 is 14.6 Å². The van der Waals surface area contributed by atoms with E-state index in [0.717, 1.165) is 41.7 Å². The first-order valence-corrected chi connectivity index (χ1v) is 11.2. The summed E-state index contributed by atoms with van der Waals surface area (Å²) >= 11 is 0. The number of nitrogens with one attached hydrogen (secondary N) is 4. The normalized spacial score (nSPS) is 19.0. The molecule has 5 N–H and O–H groups in total. The van der Waals surface area contributed by atoms with Gasteiger partial charge in [0, 0.05) is 25.9 Å². The van der Waals surface area contributed by atoms with Gasteiger partial charge in [0.2, 0.25) is 0 Å². The first-order valence-electron chi connectivity index (χ1n) is 11.2. The third kappa shape index (κ3) is 5.61. The number of amides is 2. The van der Waals surface area contributed by atoms with Crippen molar-refractivity contribution >= 4 is 28.6 Å². The third-order valence-electron chi connectivity index (χ3n) is 6.32. The Balaban J connectivity index is 1.33. The minimum absolute atomic E-state index is 0.273. The van der Waals surface area contributed by atoms with Gasteiger partial charge in [0.25, 0.3) is 0 Å². The number of aromatic amines is 1. The number of methoxy groups -OCH3 is 1. The number of rotatable bonds is 9. The number of nitrogens with zero attached hydrogens (tertiary/aromatic N) is 2. The molecular formula is C24H32N6O3. The molecule has 0 spiro atoms. The molecule has 1 aliphatic rings. The highest BCUT2D eigenvalue weighted by Crippen LogP contribution is 2.40. The van der Waals surface area contributed by atoms with E-state index in [1.165, 1.54) is 0 Å². The Labute approximate surface area is 193 Å². The second kappa shape index (κ2) is 9.76. The number of benzene rings is 1. The lowest BCUT2D eigenvalue weighted by atomic mass is 9.67. The van der Waals surface area contributed by atoms with Crippen LogP contribution in [0.2, 0.25) is 0 Å². The summed E-state index contributed by atoms with van der Waals surface area (Å²) in [6.45, 7) is 4.91. The summed E-state index contributed by atoms with van der Waals surface area (Å²) in [7, 11) is 1.60. The van der Waals surface area contributed by atoms with Crippen molar-refractivity contribution in [1.82, 2.24) is 20.5 Å². The van der Waals surface area contributed by atoms with E-state index in [0.29, 0.717) is 24.3 Å². The summed E-state index contributed by atoms with van der Waals surface area (Å²) in [5, 5.41) is 27.4. The standard InChI is InChI=1S/C24H32N6O3/c1-24(2,32)17-9-15(10-17)12-26-22-18-13-25-21(11-19(18)29-30-22)28-23(31)27-20(14-33-3)16-7-5-4-6-8-16/h4-8,11,13,15,17,20,32H,9-10,12,14H2,1-3H3,(H2,26,29,30)(H2,25,27,28,31)/t15?,17?,20-/m1/s1. The van der Waals surface area contributed by atoms with Crippen LogP contribution in [-0.4, -0.2) is 52.2 Å². The van der Waals surface area contributed by atoms with Crippen LogP contribution in [0.5, 0.6) is 0 Å². The molecule has 0 aliphatic heterocycles. The number of hydrogen-bond acceptors (Lipinski definition) is 6. The maximum absolute atomic E-state index is 12.6. The molecule has 176 valence electrons. The summed E-state index contributed by atoms with van der Waals surface area (Å²) < 4.78 is 5.25. The van der Waals surface area contributed by atoms with Crippen molar-refractivity contribution in [3.8, 4) is 0 Å². The molecule has 2 heterocycles. The van der Waals surface area contributed by atoms with E-state index in [1.807, 2.05) is 44.2 Å². The Morgan fingerprint density at radius 3 is 2.76 bits per heavy atom. The van der Waals surface area contributed by atoms with Crippen molar-refractivity contribution in [2.24, 2.45) is 11.8 Å². The molecule has 9 nitrogen and oxygen atoms in total. The van der Waals surface area contributed by atoms with E-state index < -0.39 is 5.60 Å². The topological polar surface area (TPSA) is 124 Å². The first kappa shape index (κ1) is 23.0. The lowest BCUT2D eigenvalue weighted by Crippen LogP contribution is -2.42. The molecule has 2 aromatic heterocycles. The van der Waals surface area contributed by atoms with Crippen molar-refractivity contribution in [2.45, 2.75) is 38.3 Å². The number of pyridine rings is 1. The Kier molecular flexibility index (Phi) is 6.80. The minimum Gasteiger partial charge on any atom is -0.390 e. The van der Waals surface area contributed by atoms with Gasteiger partial charge in [-0.2, -0.15) is 5.10 Å². The molecule has 4 rings (SSSR count). The number of aliphatic hydroxyl groups is 1. The van der Waals surface area contributed by atoms with Crippen LogP contribution in [0.3, 0.4) is 0 Å². The molecule has 1 aromatic carbocycles. The molecule has 0 saturated heterocycles. The Hall–Kier alpha value is -3.17. The Bertz CT molecular complexity index is 1070. The Morgan fingerprint density at radius 1 is 1.30 bits per heavy atom. The number of H-pyrrole nitrogens is 1. The number of fused-ring (bicyclic) bond motifs is 1. The van der Waals surface area contributed by atoms with E-state index >= 15 is 0 Å². The predicted octanol–water partition coefficient (Wildman–Crippen LogP) is 3.68. The number of carbonyl (C=O) groups is 1. The highest BCUT2D eigenvalue weighted by molar-refractivity contribution is 5.94. The minimum atomic E-state index is -0.611. The average molecular weight is 453 g/mol. The monoisotopic (exact) mass is 452 g/mol. The second-order valence-electron chi connectivity index (χ2n) is 9.27. The molecule has 9 heteroatoms. The van der Waals surface area contributed by atoms with Gasteiger partial charge in [0.05, 0.1) is 29.2 Å². The van der Waals surface area contributed by atoms with Gasteiger partial charge in [0.1, 0.15) is 5.82 Å². The number of hydrogen-bond donors (Lipinski definition) is 5. The van der Waals surface area contributed by atoms with E-state index in [2.05, 4.69) is 31.1 Å². The van der Waals surface area contributed by atoms with Crippen LogP contribution < -0.4 is 16.0 Å². The van der Waals surface area contributed by atoms with Gasteiger partial charge < -0.3 is 20.5 Å². The van der Waals surface area contributed by atoms with Crippen LogP contribution in [0.1, 0.15) is 38.3 Å². The van der Waals surface area contributed by atoms with Gasteiger partial charge in [-0.3, -0.25) is 10.4 Å². The molecule has 2 amide bonds. The highest BCUT2D eigenvalue weighted by atomic mass is 16.5. The quantitative estimate of drug-likeness (QED) is 0.337. The fraction of sp³-hybridized carbons (Fsp3) is 0.458. The van der Waals surface area contributed by atoms with Crippen molar-refractivity contribution in [2.75, 3.05) is 30.9 Å². The van der Waals surface area contributed by atoms with Gasteiger partial charge in [0.15, 0.2) is 5.82 Å². The number of anilines is 2. The van der Waals surface area contributed by atoms with Crippen molar-refractivity contribution in [3.63, 3.8) is 0 Å². The maximum atomic E-state index is 12.6. The zero-order valence-corrected chi connectivity index (χ0v) is 19.3. The molecule has 0 bridgehead atoms. The fourth-order valence-electron chi connectivity index (χ4n) is 4.22. The van der Waals surface area contributed by atoms with Crippen LogP contribution in [0, 0.1) is 11.8 Å². The zero-order valence-electron chi connectivity index (χ0n) is 19.3. The number of ether oxygens (including phenoxy) is 1. The largest absolute Gasteiger partial charge is 0.390 e. The fourth-order valence-corrected chi connectivity index (χ4v) is 4.22. The molecule has 1 atom stereocenters. The molecular weight excluding hydrogens is 420 g/mol. The van der Waals surface area contributed by atoms with Crippen LogP contribution in [-0.2, 0) is 4.74 Å². The average Bonchev–Trinajstić information content (AvgIpc) is 3.14. The molecule has 33 heavy (non-hydrogen) atoms. The summed E-state index contributed by atoms with van der Waals surface area (Å²) in [5.74, 6) is 2.04. The second-order valence-corrected chi connectivity index (χ2v) is 9.27. The van der Waals surface area contributed by atoms with E-state index in [4.69, 9.17) is 4.74 Å². The van der Waals surface area contributed by atoms with E-state index in [9.17, 15) is 9.90 Å². The van der Waals surface area contributed by atoms with Crippen molar-refractivity contribution in [3.05, 3.63) is 48.2 Å². The van der Waals surface area contributed by atoms with Crippen LogP contribution in [0.4, 0.5) is 16.4 Å². The van der Waals surface area contributed by atoms with E-state index in [1.54, 1.807) is 19.4 Å². The Morgan fingerprint density at radius 2 is 2.06 bits per heavy atom. The van der Waals surface area contributed by atoms with Crippen LogP contribution in [0.15, 0.2) is 42.6 Å². The molecule has 1 aliphatic carbocycles. The SMILES string of the molecule is COC[C@@H](NC(=O)Nc1cc2[nH]nc(NCC3CC(C(C)(C)O)C3)c2cn1)c1ccccc1. The molecule has 1 fully saturated rings. The maximum Gasteiger partial charge on any atom is 0.320 e. The van der Waals surface area contributed by atoms with E-state index in [-0.39, 0.29) is 12.1 Å². The summed E-state index contributed by atoms with van der Waals surface area (Å²) in [5.41, 5.74) is 1.13. The lowest BCUT2D eigenvalue weighted by molar-refractivity contribution is -0.0400. The van der Waals surface area contributed by atoms with Gasteiger partial charge in [-0.1, -0.05) is 30.3 Å². The van der Waals surface area contributed by atoms with Crippen molar-refractivity contribution in [1.29, 1.82) is 0 Å². The van der Waals surface area contributed by atoms with Gasteiger partial charge in [-0.05, 0) is 44.1 Å². The number of carbonyl (C=O) groups excluding carboxylic acids is 1. The summed E-state index contributed by atoms with van der Waals surface area (Å²) in [6.07, 6.45) is 3.71. The first-order chi connectivity index (χ1) is 15.8. The molecule has 0 radical (unpaired) electrons. The summed E-state index contributed by atoms with van der Waals surface area (Å²) in [4.78, 5) is 16.9. The zero-order chi connectivity index (χ0) is 23.4. The molecule has 0 unspecified atom stereocenters. The van der Waals surface area contributed by atoms with Gasteiger partial charge >= 0.3 is 6.03 Å². The molecule has 1 saturated carbocycles. The smallest absolute Gasteiger partial charge is 0.320 e. The van der Waals surface area contributed by atoms with Gasteiger partial charge in [-0.15, -0.1) is 0 Å². The third-order valence-corrected chi connectivity index (χ3v) is 6.32. The number of aromatic nitrogens is 3.